The summed E-state index contributed by atoms with van der Waals surface area (Å²) < 4.78 is 12.5. The fraction of sp³-hybridized carbons (Fsp3) is 0.391. The Balaban J connectivity index is 1.86. The van der Waals surface area contributed by atoms with Crippen LogP contribution in [0.2, 0.25) is 0 Å². The molecule has 0 bridgehead atoms. The summed E-state index contributed by atoms with van der Waals surface area (Å²) in [6, 6.07) is 1.64. The minimum Gasteiger partial charge on any atom is -0.420 e. The predicted molar refractivity (Wildman–Crippen MR) is 113 cm³/mol. The fourth-order valence-electron chi connectivity index (χ4n) is 3.62. The van der Waals surface area contributed by atoms with Crippen LogP contribution in [0.4, 0.5) is 0 Å². The molecule has 0 aromatic carbocycles. The van der Waals surface area contributed by atoms with Crippen LogP contribution in [0.5, 0.6) is 0 Å². The number of aliphatic hydroxyl groups is 1. The summed E-state index contributed by atoms with van der Waals surface area (Å²) in [4.78, 5) is 12.8. The quantitative estimate of drug-likeness (QED) is 0.649. The molecule has 0 aliphatic heterocycles. The molecule has 0 spiro atoms. The van der Waals surface area contributed by atoms with Gasteiger partial charge in [-0.3, -0.25) is 4.79 Å². The molecule has 1 aliphatic rings. The third-order valence-corrected chi connectivity index (χ3v) is 5.31. The van der Waals surface area contributed by atoms with Crippen molar-refractivity contribution in [3.63, 3.8) is 0 Å². The summed E-state index contributed by atoms with van der Waals surface area (Å²) >= 11 is 0. The van der Waals surface area contributed by atoms with Gasteiger partial charge in [0.1, 0.15) is 11.5 Å². The molecule has 1 atom stereocenters. The molecule has 8 nitrogen and oxygen atoms in total. The summed E-state index contributed by atoms with van der Waals surface area (Å²) in [5.41, 5.74) is 2.29. The van der Waals surface area contributed by atoms with Crippen molar-refractivity contribution in [3.05, 3.63) is 68.1 Å². The maximum absolute atomic E-state index is 12.8. The van der Waals surface area contributed by atoms with Gasteiger partial charge >= 0.3 is 0 Å². The van der Waals surface area contributed by atoms with Crippen LogP contribution in [0.3, 0.4) is 0 Å². The van der Waals surface area contributed by atoms with E-state index in [0.717, 1.165) is 11.1 Å². The van der Waals surface area contributed by atoms with Gasteiger partial charge in [0.2, 0.25) is 11.8 Å². The Kier molecular flexibility index (Phi) is 4.94. The number of hydrogen-bond donors (Lipinski definition) is 1. The molecule has 3 heterocycles. The van der Waals surface area contributed by atoms with E-state index in [4.69, 9.17) is 8.94 Å². The number of hydrogen-bond acceptors (Lipinski definition) is 7. The first-order valence-corrected chi connectivity index (χ1v) is 10.0. The second kappa shape index (κ2) is 7.36. The van der Waals surface area contributed by atoms with Crippen LogP contribution in [0.15, 0.2) is 31.6 Å². The molecule has 31 heavy (non-hydrogen) atoms. The first-order chi connectivity index (χ1) is 14.6. The lowest BCUT2D eigenvalue weighted by Gasteiger charge is -2.13. The van der Waals surface area contributed by atoms with E-state index in [-0.39, 0.29) is 11.5 Å². The van der Waals surface area contributed by atoms with Gasteiger partial charge in [-0.2, -0.15) is 0 Å². The largest absolute Gasteiger partial charge is 0.420 e. The van der Waals surface area contributed by atoms with Gasteiger partial charge in [0, 0.05) is 53.9 Å². The lowest BCUT2D eigenvalue weighted by molar-refractivity contribution is 0.112. The van der Waals surface area contributed by atoms with Crippen LogP contribution in [0.1, 0.15) is 73.5 Å². The number of fused-ring (bicyclic) bond motifs is 1. The van der Waals surface area contributed by atoms with E-state index < -0.39 is 5.60 Å². The van der Waals surface area contributed by atoms with Crippen LogP contribution < -0.4 is 5.56 Å². The summed E-state index contributed by atoms with van der Waals surface area (Å²) in [6.45, 7) is 9.19. The van der Waals surface area contributed by atoms with E-state index in [2.05, 4.69) is 27.2 Å². The predicted octanol–water partition coefficient (Wildman–Crippen LogP) is 2.83. The van der Waals surface area contributed by atoms with Crippen molar-refractivity contribution in [1.82, 2.24) is 19.9 Å². The number of aryl methyl sites for hydroxylation is 2. The number of aromatic nitrogens is 4. The van der Waals surface area contributed by atoms with Crippen molar-refractivity contribution in [2.75, 3.05) is 0 Å². The number of allylic oxidation sites excluding steroid dienone is 1. The second-order valence-electron chi connectivity index (χ2n) is 8.39. The molecule has 4 rings (SSSR count). The first kappa shape index (κ1) is 20.8. The Bertz CT molecular complexity index is 1330. The Morgan fingerprint density at radius 1 is 1.29 bits per heavy atom. The van der Waals surface area contributed by atoms with Crippen LogP contribution in [0, 0.1) is 18.8 Å². The van der Waals surface area contributed by atoms with E-state index in [1.807, 2.05) is 20.8 Å². The van der Waals surface area contributed by atoms with E-state index in [1.165, 1.54) is 4.57 Å². The molecule has 0 fully saturated rings. The molecule has 0 saturated carbocycles. The van der Waals surface area contributed by atoms with Gasteiger partial charge in [-0.05, 0) is 20.8 Å². The number of rotatable bonds is 3. The zero-order chi connectivity index (χ0) is 22.5. The molecule has 3 aromatic heterocycles. The Morgan fingerprint density at radius 2 is 2.03 bits per heavy atom. The highest BCUT2D eigenvalue weighted by Crippen LogP contribution is 2.37. The maximum atomic E-state index is 12.8. The molecule has 0 saturated heterocycles. The van der Waals surface area contributed by atoms with Gasteiger partial charge in [-0.15, -0.1) is 10.2 Å². The molecule has 1 N–H and O–H groups in total. The lowest BCUT2D eigenvalue weighted by Crippen LogP contribution is -2.22. The van der Waals surface area contributed by atoms with Crippen molar-refractivity contribution >= 4 is 5.57 Å². The minimum atomic E-state index is -1.52. The number of pyridine rings is 1. The third-order valence-electron chi connectivity index (χ3n) is 5.31. The lowest BCUT2D eigenvalue weighted by atomic mass is 9.98. The SMILES string of the molecule is CC1=C(c2nnc(C(C)C)o2)c2c(C#C[C@@](C)(O)c3cc(C)on3)cn(C)c(=O)c2C1. The minimum absolute atomic E-state index is 0.0898. The van der Waals surface area contributed by atoms with E-state index in [9.17, 15) is 9.90 Å². The molecule has 0 unspecified atom stereocenters. The molecular formula is C23H24N4O4. The topological polar surface area (TPSA) is 107 Å². The maximum Gasteiger partial charge on any atom is 0.254 e. The highest BCUT2D eigenvalue weighted by atomic mass is 16.5. The van der Waals surface area contributed by atoms with E-state index in [1.54, 1.807) is 33.2 Å². The van der Waals surface area contributed by atoms with Crippen LogP contribution in [-0.4, -0.2) is 25.0 Å². The van der Waals surface area contributed by atoms with Gasteiger partial charge in [0.25, 0.3) is 5.56 Å². The summed E-state index contributed by atoms with van der Waals surface area (Å²) in [5.74, 6) is 7.49. The van der Waals surface area contributed by atoms with Crippen molar-refractivity contribution in [1.29, 1.82) is 0 Å². The molecule has 0 amide bonds. The second-order valence-corrected chi connectivity index (χ2v) is 8.39. The van der Waals surface area contributed by atoms with Crippen molar-refractivity contribution in [2.45, 2.75) is 52.6 Å². The van der Waals surface area contributed by atoms with Gasteiger partial charge in [-0.25, -0.2) is 0 Å². The normalized spacial score (nSPS) is 15.1. The zero-order valence-electron chi connectivity index (χ0n) is 18.4. The van der Waals surface area contributed by atoms with Crippen molar-refractivity contribution in [3.8, 4) is 11.8 Å². The highest BCUT2D eigenvalue weighted by Gasteiger charge is 2.31. The molecule has 8 heteroatoms. The van der Waals surface area contributed by atoms with Gasteiger partial charge in [0.05, 0.1) is 0 Å². The Morgan fingerprint density at radius 3 is 2.65 bits per heavy atom. The van der Waals surface area contributed by atoms with Crippen LogP contribution in [-0.2, 0) is 19.1 Å². The average molecular weight is 420 g/mol. The van der Waals surface area contributed by atoms with Crippen molar-refractivity contribution < 1.29 is 14.0 Å². The van der Waals surface area contributed by atoms with Gasteiger partial charge in [-0.1, -0.05) is 36.4 Å². The zero-order valence-corrected chi connectivity index (χ0v) is 18.4. The monoisotopic (exact) mass is 420 g/mol. The molecule has 160 valence electrons. The average Bonchev–Trinajstić information content (AvgIpc) is 3.42. The third kappa shape index (κ3) is 3.62. The molecule has 1 aliphatic carbocycles. The number of nitrogens with zero attached hydrogens (tertiary/aromatic N) is 4. The Hall–Kier alpha value is -3.44. The fourth-order valence-corrected chi connectivity index (χ4v) is 3.62. The van der Waals surface area contributed by atoms with Crippen LogP contribution >= 0.6 is 0 Å². The van der Waals surface area contributed by atoms with Crippen molar-refractivity contribution in [2.24, 2.45) is 7.05 Å². The summed E-state index contributed by atoms with van der Waals surface area (Å²) in [5, 5.41) is 23.0. The van der Waals surface area contributed by atoms with Crippen LogP contribution in [0.25, 0.3) is 5.57 Å². The molecule has 0 radical (unpaired) electrons. The summed E-state index contributed by atoms with van der Waals surface area (Å²) in [7, 11) is 1.68. The first-order valence-electron chi connectivity index (χ1n) is 10.0. The standard InChI is InChI=1S/C23H24N4O4/c1-12(2)20-24-25-21(30-20)18-13(3)9-16-19(18)15(11-27(6)22(16)28)7-8-23(5,29)17-10-14(4)31-26-17/h10-12,29H,9H2,1-6H3/t23-/m1/s1. The van der Waals surface area contributed by atoms with Gasteiger partial charge < -0.3 is 18.6 Å². The smallest absolute Gasteiger partial charge is 0.254 e. The molecular weight excluding hydrogens is 396 g/mol. The van der Waals surface area contributed by atoms with E-state index >= 15 is 0 Å². The van der Waals surface area contributed by atoms with Gasteiger partial charge in [0.15, 0.2) is 5.60 Å². The Labute approximate surface area is 179 Å². The summed E-state index contributed by atoms with van der Waals surface area (Å²) in [6.07, 6.45) is 2.14. The van der Waals surface area contributed by atoms with E-state index in [0.29, 0.717) is 46.3 Å². The molecule has 3 aromatic rings. The highest BCUT2D eigenvalue weighted by molar-refractivity contribution is 5.86.